The van der Waals surface area contributed by atoms with Crippen molar-refractivity contribution in [1.29, 1.82) is 0 Å². The van der Waals surface area contributed by atoms with E-state index in [0.717, 1.165) is 6.07 Å². The number of hydrogen-bond donors (Lipinski definition) is 0. The fraction of sp³-hybridized carbons (Fsp3) is 0.200. The molecule has 0 N–H and O–H groups in total. The van der Waals surface area contributed by atoms with Crippen molar-refractivity contribution in [2.45, 2.75) is 6.42 Å². The smallest absolute Gasteiger partial charge is 0.309 e. The molecule has 0 unspecified atom stereocenters. The summed E-state index contributed by atoms with van der Waals surface area (Å²) in [6.07, 6.45) is 0.499. The number of aldehydes is 1. The monoisotopic (exact) mass is 196 g/mol. The molecule has 14 heavy (non-hydrogen) atoms. The molecule has 0 aromatic heterocycles. The maximum atomic E-state index is 12.9. The van der Waals surface area contributed by atoms with E-state index in [1.165, 1.54) is 19.2 Å². The molecule has 0 aliphatic rings. The molecule has 1 aromatic carbocycles. The lowest BCUT2D eigenvalue weighted by Crippen LogP contribution is -2.05. The Morgan fingerprint density at radius 1 is 1.50 bits per heavy atom. The van der Waals surface area contributed by atoms with Crippen LogP contribution in [0.4, 0.5) is 4.39 Å². The van der Waals surface area contributed by atoms with E-state index >= 15 is 0 Å². The number of halogens is 1. The van der Waals surface area contributed by atoms with Crippen LogP contribution in [0, 0.1) is 5.82 Å². The van der Waals surface area contributed by atoms with Gasteiger partial charge in [0.25, 0.3) is 0 Å². The van der Waals surface area contributed by atoms with Gasteiger partial charge in [-0.3, -0.25) is 9.59 Å². The second-order valence-corrected chi connectivity index (χ2v) is 2.76. The zero-order chi connectivity index (χ0) is 10.6. The lowest BCUT2D eigenvalue weighted by atomic mass is 10.1. The molecule has 0 spiro atoms. The summed E-state index contributed by atoms with van der Waals surface area (Å²) in [6, 6.07) is 3.75. The third-order valence-electron chi connectivity index (χ3n) is 1.69. The predicted octanol–water partition coefficient (Wildman–Crippen LogP) is 1.35. The number of hydrogen-bond acceptors (Lipinski definition) is 3. The average molecular weight is 196 g/mol. The summed E-state index contributed by atoms with van der Waals surface area (Å²) in [5, 5.41) is 0. The van der Waals surface area contributed by atoms with Gasteiger partial charge in [0.15, 0.2) is 0 Å². The third kappa shape index (κ3) is 2.65. The predicted molar refractivity (Wildman–Crippen MR) is 47.5 cm³/mol. The summed E-state index contributed by atoms with van der Waals surface area (Å²) >= 11 is 0. The van der Waals surface area contributed by atoms with Crippen LogP contribution in [-0.4, -0.2) is 19.4 Å². The number of carbonyl (C=O) groups is 2. The van der Waals surface area contributed by atoms with E-state index < -0.39 is 11.8 Å². The van der Waals surface area contributed by atoms with Crippen molar-refractivity contribution in [2.24, 2.45) is 0 Å². The number of rotatable bonds is 3. The van der Waals surface area contributed by atoms with Crippen molar-refractivity contribution >= 4 is 12.3 Å². The molecule has 0 aliphatic heterocycles. The quantitative estimate of drug-likeness (QED) is 0.541. The standard InChI is InChI=1S/C10H9FO3/c1-14-10(13)5-7-2-8(6-12)4-9(11)3-7/h2-4,6H,5H2,1H3. The summed E-state index contributed by atoms with van der Waals surface area (Å²) in [6.45, 7) is 0. The van der Waals surface area contributed by atoms with E-state index in [1.54, 1.807) is 0 Å². The molecule has 0 bridgehead atoms. The first-order chi connectivity index (χ1) is 6.65. The van der Waals surface area contributed by atoms with E-state index in [1.807, 2.05) is 0 Å². The van der Waals surface area contributed by atoms with E-state index in [-0.39, 0.29) is 12.0 Å². The highest BCUT2D eigenvalue weighted by Gasteiger charge is 2.05. The van der Waals surface area contributed by atoms with E-state index in [9.17, 15) is 14.0 Å². The van der Waals surface area contributed by atoms with Gasteiger partial charge in [-0.25, -0.2) is 4.39 Å². The average Bonchev–Trinajstić information content (AvgIpc) is 2.16. The highest BCUT2D eigenvalue weighted by Crippen LogP contribution is 2.08. The van der Waals surface area contributed by atoms with Crippen molar-refractivity contribution in [2.75, 3.05) is 7.11 Å². The summed E-state index contributed by atoms with van der Waals surface area (Å²) in [4.78, 5) is 21.2. The molecule has 0 aliphatic carbocycles. The van der Waals surface area contributed by atoms with Crippen LogP contribution in [0.15, 0.2) is 18.2 Å². The molecule has 3 nitrogen and oxygen atoms in total. The lowest BCUT2D eigenvalue weighted by molar-refractivity contribution is -0.139. The summed E-state index contributed by atoms with van der Waals surface area (Å²) in [7, 11) is 1.25. The Hall–Kier alpha value is -1.71. The molecule has 0 amide bonds. The Morgan fingerprint density at radius 2 is 2.21 bits per heavy atom. The topological polar surface area (TPSA) is 43.4 Å². The minimum atomic E-state index is -0.534. The van der Waals surface area contributed by atoms with E-state index in [2.05, 4.69) is 4.74 Å². The number of methoxy groups -OCH3 is 1. The molecule has 4 heteroatoms. The molecule has 0 saturated carbocycles. The summed E-state index contributed by atoms with van der Waals surface area (Å²) in [5.41, 5.74) is 0.642. The first kappa shape index (κ1) is 10.4. The van der Waals surface area contributed by atoms with Crippen LogP contribution < -0.4 is 0 Å². The van der Waals surface area contributed by atoms with Gasteiger partial charge < -0.3 is 4.74 Å². The molecule has 74 valence electrons. The molecular formula is C10H9FO3. The Morgan fingerprint density at radius 3 is 2.79 bits per heavy atom. The fourth-order valence-electron chi connectivity index (χ4n) is 1.08. The van der Waals surface area contributed by atoms with Gasteiger partial charge in [0.05, 0.1) is 13.5 Å². The van der Waals surface area contributed by atoms with Gasteiger partial charge in [0.2, 0.25) is 0 Å². The Bertz CT molecular complexity index is 360. The zero-order valence-corrected chi connectivity index (χ0v) is 7.62. The second kappa shape index (κ2) is 4.50. The molecular weight excluding hydrogens is 187 g/mol. The van der Waals surface area contributed by atoms with Crippen LogP contribution >= 0.6 is 0 Å². The van der Waals surface area contributed by atoms with E-state index in [4.69, 9.17) is 0 Å². The minimum absolute atomic E-state index is 0.0326. The molecule has 0 radical (unpaired) electrons. The molecule has 0 heterocycles. The Balaban J connectivity index is 2.91. The van der Waals surface area contributed by atoms with Gasteiger partial charge in [0, 0.05) is 5.56 Å². The molecule has 1 aromatic rings. The van der Waals surface area contributed by atoms with Crippen LogP contribution in [0.25, 0.3) is 0 Å². The number of carbonyl (C=O) groups excluding carboxylic acids is 2. The second-order valence-electron chi connectivity index (χ2n) is 2.76. The van der Waals surface area contributed by atoms with Crippen molar-refractivity contribution in [3.05, 3.63) is 35.1 Å². The normalized spacial score (nSPS) is 9.57. The Labute approximate surface area is 80.5 Å². The van der Waals surface area contributed by atoms with E-state index in [0.29, 0.717) is 11.8 Å². The highest BCUT2D eigenvalue weighted by atomic mass is 19.1. The van der Waals surface area contributed by atoms with Gasteiger partial charge in [-0.2, -0.15) is 0 Å². The summed E-state index contributed by atoms with van der Waals surface area (Å²) < 4.78 is 17.3. The molecule has 0 saturated heterocycles. The lowest BCUT2D eigenvalue weighted by Gasteiger charge is -2.01. The van der Waals surface area contributed by atoms with Gasteiger partial charge in [0.1, 0.15) is 12.1 Å². The minimum Gasteiger partial charge on any atom is -0.469 e. The van der Waals surface area contributed by atoms with Crippen LogP contribution in [0.3, 0.4) is 0 Å². The Kier molecular flexibility index (Phi) is 3.34. The van der Waals surface area contributed by atoms with Crippen LogP contribution in [0.1, 0.15) is 15.9 Å². The third-order valence-corrected chi connectivity index (χ3v) is 1.69. The van der Waals surface area contributed by atoms with Gasteiger partial charge in [-0.1, -0.05) is 0 Å². The van der Waals surface area contributed by atoms with Crippen molar-refractivity contribution in [1.82, 2.24) is 0 Å². The SMILES string of the molecule is COC(=O)Cc1cc(F)cc(C=O)c1. The molecule has 0 fully saturated rings. The van der Waals surface area contributed by atoms with Gasteiger partial charge in [-0.05, 0) is 23.8 Å². The highest BCUT2D eigenvalue weighted by molar-refractivity contribution is 5.77. The van der Waals surface area contributed by atoms with Crippen LogP contribution in [0.2, 0.25) is 0 Å². The van der Waals surface area contributed by atoms with Crippen molar-refractivity contribution in [3.8, 4) is 0 Å². The van der Waals surface area contributed by atoms with Crippen LogP contribution in [-0.2, 0) is 16.0 Å². The van der Waals surface area contributed by atoms with Crippen LogP contribution in [0.5, 0.6) is 0 Å². The maximum Gasteiger partial charge on any atom is 0.309 e. The first-order valence-corrected chi connectivity index (χ1v) is 3.97. The van der Waals surface area contributed by atoms with Gasteiger partial charge in [-0.15, -0.1) is 0 Å². The fourth-order valence-corrected chi connectivity index (χ4v) is 1.08. The largest absolute Gasteiger partial charge is 0.469 e. The van der Waals surface area contributed by atoms with Crippen molar-refractivity contribution < 1.29 is 18.7 Å². The van der Waals surface area contributed by atoms with Crippen molar-refractivity contribution in [3.63, 3.8) is 0 Å². The zero-order valence-electron chi connectivity index (χ0n) is 7.62. The molecule has 1 rings (SSSR count). The summed E-state index contributed by atoms with van der Waals surface area (Å²) in [5.74, 6) is -0.999. The number of benzene rings is 1. The molecule has 0 atom stereocenters. The number of esters is 1. The van der Waals surface area contributed by atoms with Gasteiger partial charge >= 0.3 is 5.97 Å². The number of ether oxygens (including phenoxy) is 1. The maximum absolute atomic E-state index is 12.9. The first-order valence-electron chi connectivity index (χ1n) is 3.97.